The van der Waals surface area contributed by atoms with E-state index in [1.165, 1.54) is 4.90 Å². The summed E-state index contributed by atoms with van der Waals surface area (Å²) in [6.45, 7) is -0.159. The number of para-hydroxylation sites is 1. The summed E-state index contributed by atoms with van der Waals surface area (Å²) in [4.78, 5) is 36.2. The monoisotopic (exact) mass is 306 g/mol. The predicted octanol–water partition coefficient (Wildman–Crippen LogP) is 0.0885. The lowest BCUT2D eigenvalue weighted by Gasteiger charge is -2.31. The van der Waals surface area contributed by atoms with Gasteiger partial charge in [-0.25, -0.2) is 0 Å². The van der Waals surface area contributed by atoms with Gasteiger partial charge in [0.25, 0.3) is 0 Å². The molecule has 2 atom stereocenters. The molecule has 0 saturated heterocycles. The van der Waals surface area contributed by atoms with Crippen LogP contribution < -0.4 is 10.2 Å². The van der Waals surface area contributed by atoms with Crippen molar-refractivity contribution in [3.8, 4) is 0 Å². The molecule has 1 aromatic rings. The molecule has 3 N–H and O–H groups in total. The quantitative estimate of drug-likeness (QED) is 0.714. The Kier molecular flexibility index (Phi) is 4.77. The maximum atomic E-state index is 12.3. The van der Waals surface area contributed by atoms with E-state index in [1.54, 1.807) is 31.3 Å². The first-order valence-corrected chi connectivity index (χ1v) is 6.93. The number of aliphatic hydroxyl groups excluding tert-OH is 1. The lowest BCUT2D eigenvalue weighted by atomic mass is 9.89. The molecule has 2 amide bonds. The molecule has 22 heavy (non-hydrogen) atoms. The molecule has 0 fully saturated rings. The molecule has 1 aromatic carbocycles. The van der Waals surface area contributed by atoms with Gasteiger partial charge < -0.3 is 20.4 Å². The largest absolute Gasteiger partial charge is 0.481 e. The number of benzene rings is 1. The number of aliphatic carboxylic acids is 1. The van der Waals surface area contributed by atoms with Gasteiger partial charge in [-0.1, -0.05) is 18.2 Å². The maximum absolute atomic E-state index is 12.3. The number of carboxylic acids is 1. The van der Waals surface area contributed by atoms with Crippen LogP contribution in [0.15, 0.2) is 24.3 Å². The fraction of sp³-hybridized carbons (Fsp3) is 0.400. The second-order valence-electron chi connectivity index (χ2n) is 5.27. The molecule has 2 rings (SSSR count). The second kappa shape index (κ2) is 6.57. The zero-order valence-corrected chi connectivity index (χ0v) is 12.2. The summed E-state index contributed by atoms with van der Waals surface area (Å²) >= 11 is 0. The molecule has 0 bridgehead atoms. The number of carbonyl (C=O) groups excluding carboxylic acids is 2. The van der Waals surface area contributed by atoms with E-state index in [-0.39, 0.29) is 18.9 Å². The summed E-state index contributed by atoms with van der Waals surface area (Å²) in [6, 6.07) is 7.14. The van der Waals surface area contributed by atoms with E-state index in [9.17, 15) is 19.5 Å². The van der Waals surface area contributed by atoms with Crippen molar-refractivity contribution in [2.45, 2.75) is 24.9 Å². The van der Waals surface area contributed by atoms with Crippen LogP contribution in [-0.4, -0.2) is 47.7 Å². The number of hydrogen-bond acceptors (Lipinski definition) is 4. The van der Waals surface area contributed by atoms with Gasteiger partial charge in [-0.2, -0.15) is 0 Å². The molecule has 0 aliphatic carbocycles. The SMILES string of the molecule is CN1C(=O)CC(C(=O)NCC(O)CC(=O)O)c2ccccc21. The number of carboxylic acid groups (broad SMARTS) is 1. The van der Waals surface area contributed by atoms with E-state index >= 15 is 0 Å². The van der Waals surface area contributed by atoms with Gasteiger partial charge >= 0.3 is 5.97 Å². The zero-order valence-electron chi connectivity index (χ0n) is 12.2. The van der Waals surface area contributed by atoms with Crippen molar-refractivity contribution in [1.29, 1.82) is 0 Å². The van der Waals surface area contributed by atoms with Gasteiger partial charge in [-0.15, -0.1) is 0 Å². The minimum atomic E-state index is -1.15. The fourth-order valence-corrected chi connectivity index (χ4v) is 2.49. The highest BCUT2D eigenvalue weighted by Crippen LogP contribution is 2.34. The van der Waals surface area contributed by atoms with Crippen LogP contribution in [0.2, 0.25) is 0 Å². The van der Waals surface area contributed by atoms with Crippen LogP contribution in [0.4, 0.5) is 5.69 Å². The third-order valence-corrected chi connectivity index (χ3v) is 3.67. The van der Waals surface area contributed by atoms with Crippen LogP contribution in [0.3, 0.4) is 0 Å². The number of hydrogen-bond donors (Lipinski definition) is 3. The molecular formula is C15H18N2O5. The van der Waals surface area contributed by atoms with E-state index in [1.807, 2.05) is 0 Å². The third kappa shape index (κ3) is 3.43. The number of carbonyl (C=O) groups is 3. The molecule has 0 spiro atoms. The lowest BCUT2D eigenvalue weighted by molar-refractivity contribution is -0.139. The number of aliphatic hydroxyl groups is 1. The number of rotatable bonds is 5. The van der Waals surface area contributed by atoms with Gasteiger partial charge in [0.2, 0.25) is 11.8 Å². The molecule has 0 radical (unpaired) electrons. The predicted molar refractivity (Wildman–Crippen MR) is 78.5 cm³/mol. The average molecular weight is 306 g/mol. The molecule has 2 unspecified atom stereocenters. The van der Waals surface area contributed by atoms with Gasteiger partial charge in [-0.3, -0.25) is 14.4 Å². The highest BCUT2D eigenvalue weighted by molar-refractivity contribution is 6.02. The van der Waals surface area contributed by atoms with E-state index in [0.717, 1.165) is 5.56 Å². The average Bonchev–Trinajstić information content (AvgIpc) is 2.48. The van der Waals surface area contributed by atoms with Gasteiger partial charge in [0.15, 0.2) is 0 Å². The molecule has 1 aliphatic rings. The summed E-state index contributed by atoms with van der Waals surface area (Å²) < 4.78 is 0. The standard InChI is InChI=1S/C15H18N2O5/c1-17-12-5-3-2-4-10(12)11(7-13(17)19)15(22)16-8-9(18)6-14(20)21/h2-5,9,11,18H,6-8H2,1H3,(H,16,22)(H,20,21). The normalized spacial score (nSPS) is 18.5. The maximum Gasteiger partial charge on any atom is 0.306 e. The smallest absolute Gasteiger partial charge is 0.306 e. The van der Waals surface area contributed by atoms with Gasteiger partial charge in [-0.05, 0) is 11.6 Å². The Morgan fingerprint density at radius 2 is 2.09 bits per heavy atom. The Hall–Kier alpha value is -2.41. The first-order chi connectivity index (χ1) is 10.4. The van der Waals surface area contributed by atoms with Crippen LogP contribution in [0, 0.1) is 0 Å². The Morgan fingerprint density at radius 3 is 2.77 bits per heavy atom. The Bertz CT molecular complexity index is 601. The minimum absolute atomic E-state index is 0.0500. The molecule has 1 heterocycles. The van der Waals surface area contributed by atoms with Crippen molar-refractivity contribution in [2.75, 3.05) is 18.5 Å². The van der Waals surface area contributed by atoms with Crippen molar-refractivity contribution in [3.05, 3.63) is 29.8 Å². The first-order valence-electron chi connectivity index (χ1n) is 6.93. The minimum Gasteiger partial charge on any atom is -0.481 e. The Labute approximate surface area is 127 Å². The molecule has 1 aliphatic heterocycles. The highest BCUT2D eigenvalue weighted by Gasteiger charge is 2.33. The first kappa shape index (κ1) is 16.0. The Balaban J connectivity index is 2.08. The Morgan fingerprint density at radius 1 is 1.41 bits per heavy atom. The van der Waals surface area contributed by atoms with Crippen molar-refractivity contribution in [1.82, 2.24) is 5.32 Å². The molecule has 0 aromatic heterocycles. The topological polar surface area (TPSA) is 107 Å². The summed E-state index contributed by atoms with van der Waals surface area (Å²) in [5.41, 5.74) is 1.43. The van der Waals surface area contributed by atoms with Gasteiger partial charge in [0.05, 0.1) is 18.4 Å². The number of nitrogens with one attached hydrogen (secondary N) is 1. The second-order valence-corrected chi connectivity index (χ2v) is 5.27. The summed E-state index contributed by atoms with van der Waals surface area (Å²) in [6.07, 6.45) is -1.55. The van der Waals surface area contributed by atoms with Crippen LogP contribution >= 0.6 is 0 Å². The summed E-state index contributed by atoms with van der Waals surface area (Å²) in [5, 5.41) is 20.6. The lowest BCUT2D eigenvalue weighted by Crippen LogP contribution is -2.41. The fourth-order valence-electron chi connectivity index (χ4n) is 2.49. The van der Waals surface area contributed by atoms with Crippen LogP contribution in [0.25, 0.3) is 0 Å². The number of amides is 2. The van der Waals surface area contributed by atoms with Crippen molar-refractivity contribution in [2.24, 2.45) is 0 Å². The third-order valence-electron chi connectivity index (χ3n) is 3.67. The van der Waals surface area contributed by atoms with Gasteiger partial charge in [0, 0.05) is 25.7 Å². The summed E-state index contributed by atoms with van der Waals surface area (Å²) in [5.74, 6) is -2.32. The number of anilines is 1. The van der Waals surface area contributed by atoms with Crippen molar-refractivity contribution in [3.63, 3.8) is 0 Å². The van der Waals surface area contributed by atoms with E-state index in [0.29, 0.717) is 5.69 Å². The van der Waals surface area contributed by atoms with Crippen molar-refractivity contribution >= 4 is 23.5 Å². The van der Waals surface area contributed by atoms with E-state index in [2.05, 4.69) is 5.32 Å². The van der Waals surface area contributed by atoms with Crippen LogP contribution in [0.1, 0.15) is 24.3 Å². The molecule has 7 heteroatoms. The molecule has 0 saturated carbocycles. The number of nitrogens with zero attached hydrogens (tertiary/aromatic N) is 1. The zero-order chi connectivity index (χ0) is 16.3. The molecule has 118 valence electrons. The molecular weight excluding hydrogens is 288 g/mol. The van der Waals surface area contributed by atoms with Crippen LogP contribution in [-0.2, 0) is 14.4 Å². The van der Waals surface area contributed by atoms with Crippen LogP contribution in [0.5, 0.6) is 0 Å². The highest BCUT2D eigenvalue weighted by atomic mass is 16.4. The van der Waals surface area contributed by atoms with Crippen molar-refractivity contribution < 1.29 is 24.6 Å². The van der Waals surface area contributed by atoms with E-state index < -0.39 is 30.3 Å². The molecule has 7 nitrogen and oxygen atoms in total. The summed E-state index contributed by atoms with van der Waals surface area (Å²) in [7, 11) is 1.66. The van der Waals surface area contributed by atoms with E-state index in [4.69, 9.17) is 5.11 Å². The number of fused-ring (bicyclic) bond motifs is 1. The van der Waals surface area contributed by atoms with Gasteiger partial charge in [0.1, 0.15) is 0 Å².